The molecule has 0 spiro atoms. The molecule has 0 fully saturated rings. The van der Waals surface area contributed by atoms with Crippen molar-refractivity contribution in [2.75, 3.05) is 7.11 Å². The largest absolute Gasteiger partial charge is 0.497 e. The highest BCUT2D eigenvalue weighted by atomic mass is 16.5. The molecule has 1 aromatic rings. The molecule has 1 atom stereocenters. The van der Waals surface area contributed by atoms with Crippen molar-refractivity contribution in [1.82, 2.24) is 5.32 Å². The van der Waals surface area contributed by atoms with Crippen LogP contribution in [0, 0.1) is 0 Å². The van der Waals surface area contributed by atoms with Gasteiger partial charge in [0, 0.05) is 6.42 Å². The topological polar surface area (TPSA) is 117 Å². The molecule has 0 radical (unpaired) electrons. The average molecular weight is 253 g/mol. The molecule has 0 aliphatic carbocycles. The van der Waals surface area contributed by atoms with Crippen LogP contribution in [0.3, 0.4) is 0 Å². The van der Waals surface area contributed by atoms with E-state index in [0.717, 1.165) is 5.56 Å². The molecule has 0 saturated heterocycles. The van der Waals surface area contributed by atoms with Crippen molar-refractivity contribution in [2.24, 2.45) is 10.9 Å². The number of amides is 1. The van der Waals surface area contributed by atoms with E-state index in [1.165, 1.54) is 0 Å². The number of nitrogens with one attached hydrogen (secondary N) is 1. The molecule has 98 valence electrons. The molecule has 1 rings (SSSR count). The van der Waals surface area contributed by atoms with E-state index in [4.69, 9.17) is 20.8 Å². The number of oxime groups is 1. The highest BCUT2D eigenvalue weighted by molar-refractivity contribution is 5.88. The van der Waals surface area contributed by atoms with Crippen molar-refractivity contribution < 1.29 is 19.8 Å². The Morgan fingerprint density at radius 3 is 2.56 bits per heavy atom. The summed E-state index contributed by atoms with van der Waals surface area (Å²) in [6, 6.07) is 6.28. The molecule has 18 heavy (non-hydrogen) atoms. The molecule has 7 nitrogen and oxygen atoms in total. The molecular formula is C11H15N3O4. The molecule has 1 unspecified atom stereocenters. The van der Waals surface area contributed by atoms with Crippen LogP contribution in [-0.4, -0.2) is 35.4 Å². The van der Waals surface area contributed by atoms with Crippen molar-refractivity contribution >= 4 is 11.9 Å². The fourth-order valence-corrected chi connectivity index (χ4v) is 1.45. The summed E-state index contributed by atoms with van der Waals surface area (Å²) in [4.78, 5) is 10.6. The Bertz CT molecular complexity index is 430. The smallest absolute Gasteiger partial charge is 0.405 e. The molecule has 1 amide bonds. The first kappa shape index (κ1) is 13.6. The summed E-state index contributed by atoms with van der Waals surface area (Å²) < 4.78 is 5.01. The van der Waals surface area contributed by atoms with E-state index >= 15 is 0 Å². The number of amidine groups is 1. The number of benzene rings is 1. The zero-order valence-electron chi connectivity index (χ0n) is 9.83. The highest BCUT2D eigenvalue weighted by Gasteiger charge is 2.17. The first-order valence-electron chi connectivity index (χ1n) is 5.16. The lowest BCUT2D eigenvalue weighted by atomic mass is 10.1. The fraction of sp³-hybridized carbons (Fsp3) is 0.273. The van der Waals surface area contributed by atoms with Crippen molar-refractivity contribution in [3.8, 4) is 5.75 Å². The zero-order valence-corrected chi connectivity index (χ0v) is 9.83. The Balaban J connectivity index is 2.78. The maximum atomic E-state index is 10.6. The number of nitrogens with two attached hydrogens (primary N) is 1. The number of methoxy groups -OCH3 is 1. The van der Waals surface area contributed by atoms with Crippen molar-refractivity contribution in [1.29, 1.82) is 0 Å². The van der Waals surface area contributed by atoms with E-state index in [1.807, 2.05) is 0 Å². The van der Waals surface area contributed by atoms with Gasteiger partial charge in [0.25, 0.3) is 0 Å². The summed E-state index contributed by atoms with van der Waals surface area (Å²) in [5, 5.41) is 22.2. The SMILES string of the molecule is COc1ccc(CC(NC(=O)O)C(N)=NO)cc1. The average Bonchev–Trinajstić information content (AvgIpc) is 2.37. The van der Waals surface area contributed by atoms with E-state index in [-0.39, 0.29) is 12.3 Å². The van der Waals surface area contributed by atoms with Gasteiger partial charge in [-0.2, -0.15) is 0 Å². The van der Waals surface area contributed by atoms with E-state index in [1.54, 1.807) is 31.4 Å². The van der Waals surface area contributed by atoms with E-state index in [0.29, 0.717) is 5.75 Å². The second-order valence-electron chi connectivity index (χ2n) is 3.58. The third-order valence-corrected chi connectivity index (χ3v) is 2.37. The van der Waals surface area contributed by atoms with Gasteiger partial charge in [-0.25, -0.2) is 4.79 Å². The van der Waals surface area contributed by atoms with Crippen LogP contribution in [-0.2, 0) is 6.42 Å². The van der Waals surface area contributed by atoms with Gasteiger partial charge in [-0.1, -0.05) is 17.3 Å². The summed E-state index contributed by atoms with van der Waals surface area (Å²) in [5.74, 6) is 0.513. The minimum Gasteiger partial charge on any atom is -0.497 e. The number of hydrogen-bond donors (Lipinski definition) is 4. The lowest BCUT2D eigenvalue weighted by molar-refractivity contribution is 0.192. The summed E-state index contributed by atoms with van der Waals surface area (Å²) in [7, 11) is 1.56. The molecule has 5 N–H and O–H groups in total. The molecule has 1 aromatic carbocycles. The van der Waals surface area contributed by atoms with Gasteiger partial charge in [0.2, 0.25) is 0 Å². The van der Waals surface area contributed by atoms with E-state index in [2.05, 4.69) is 10.5 Å². The summed E-state index contributed by atoms with van der Waals surface area (Å²) in [5.41, 5.74) is 6.25. The zero-order chi connectivity index (χ0) is 13.5. The van der Waals surface area contributed by atoms with Crippen molar-refractivity contribution in [2.45, 2.75) is 12.5 Å². The first-order valence-corrected chi connectivity index (χ1v) is 5.16. The van der Waals surface area contributed by atoms with E-state index < -0.39 is 12.1 Å². The maximum absolute atomic E-state index is 10.6. The van der Waals surface area contributed by atoms with Gasteiger partial charge in [-0.15, -0.1) is 0 Å². The Hall–Kier alpha value is -2.44. The lowest BCUT2D eigenvalue weighted by Crippen LogP contribution is -2.45. The predicted molar refractivity (Wildman–Crippen MR) is 65.1 cm³/mol. The minimum absolute atomic E-state index is 0.187. The van der Waals surface area contributed by atoms with Gasteiger partial charge in [0.15, 0.2) is 5.84 Å². The van der Waals surface area contributed by atoms with Crippen LogP contribution < -0.4 is 15.8 Å². The molecule has 0 bridgehead atoms. The monoisotopic (exact) mass is 253 g/mol. The molecule has 0 saturated carbocycles. The number of hydrogen-bond acceptors (Lipinski definition) is 4. The minimum atomic E-state index is -1.24. The normalized spacial score (nSPS) is 12.8. The Kier molecular flexibility index (Phi) is 4.79. The lowest BCUT2D eigenvalue weighted by Gasteiger charge is -2.15. The van der Waals surface area contributed by atoms with Crippen molar-refractivity contribution in [3.63, 3.8) is 0 Å². The first-order chi connectivity index (χ1) is 8.56. The standard InChI is InChI=1S/C11H15N3O4/c1-18-8-4-2-7(3-5-8)6-9(10(12)14-17)13-11(15)16/h2-5,9,13,17H,6H2,1H3,(H2,12,14)(H,15,16). The van der Waals surface area contributed by atoms with Gasteiger partial charge in [0.1, 0.15) is 5.75 Å². The van der Waals surface area contributed by atoms with Crippen LogP contribution in [0.25, 0.3) is 0 Å². The summed E-state index contributed by atoms with van der Waals surface area (Å²) in [6.45, 7) is 0. The third kappa shape index (κ3) is 3.85. The second kappa shape index (κ2) is 6.33. The molecule has 0 heterocycles. The van der Waals surface area contributed by atoms with Crippen molar-refractivity contribution in [3.05, 3.63) is 29.8 Å². The molecule has 7 heteroatoms. The molecular weight excluding hydrogens is 238 g/mol. The molecule has 0 aliphatic rings. The van der Waals surface area contributed by atoms with Crippen LogP contribution >= 0.6 is 0 Å². The van der Waals surface area contributed by atoms with Crippen LogP contribution in [0.5, 0.6) is 5.75 Å². The number of carbonyl (C=O) groups is 1. The maximum Gasteiger partial charge on any atom is 0.405 e. The van der Waals surface area contributed by atoms with Gasteiger partial charge in [-0.05, 0) is 17.7 Å². The highest BCUT2D eigenvalue weighted by Crippen LogP contribution is 2.12. The van der Waals surface area contributed by atoms with Crippen LogP contribution in [0.15, 0.2) is 29.4 Å². The molecule has 0 aromatic heterocycles. The van der Waals surface area contributed by atoms with Gasteiger partial charge in [-0.3, -0.25) is 0 Å². The quantitative estimate of drug-likeness (QED) is 0.265. The second-order valence-corrected chi connectivity index (χ2v) is 3.58. The van der Waals surface area contributed by atoms with Gasteiger partial charge in [0.05, 0.1) is 13.2 Å². The summed E-state index contributed by atoms with van der Waals surface area (Å²) in [6.07, 6.45) is -0.952. The number of nitrogens with zero attached hydrogens (tertiary/aromatic N) is 1. The van der Waals surface area contributed by atoms with Crippen LogP contribution in [0.2, 0.25) is 0 Å². The van der Waals surface area contributed by atoms with Crippen LogP contribution in [0.1, 0.15) is 5.56 Å². The Morgan fingerprint density at radius 2 is 2.11 bits per heavy atom. The number of rotatable bonds is 5. The Labute approximate surface area is 104 Å². The van der Waals surface area contributed by atoms with E-state index in [9.17, 15) is 4.79 Å². The molecule has 0 aliphatic heterocycles. The predicted octanol–water partition coefficient (Wildman–Crippen LogP) is 0.620. The fourth-order valence-electron chi connectivity index (χ4n) is 1.45. The number of carboxylic acid groups (broad SMARTS) is 1. The third-order valence-electron chi connectivity index (χ3n) is 2.37. The van der Waals surface area contributed by atoms with Gasteiger partial charge >= 0.3 is 6.09 Å². The number of ether oxygens (including phenoxy) is 1. The summed E-state index contributed by atoms with van der Waals surface area (Å²) >= 11 is 0. The van der Waals surface area contributed by atoms with Gasteiger partial charge < -0.3 is 26.1 Å². The van der Waals surface area contributed by atoms with Crippen LogP contribution in [0.4, 0.5) is 4.79 Å². The Morgan fingerprint density at radius 1 is 1.50 bits per heavy atom.